The average molecular weight is 374 g/mol. The van der Waals surface area contributed by atoms with Crippen LogP contribution in [0.3, 0.4) is 0 Å². The standard InChI is InChI=1S/C21H30N2O4/c1-16(18-8-12-27-13-9-18)19(24)22-21(20(25)26)10-5-11-23(15-21)14-17-6-3-2-4-7-17/h2-4,6-7,16,18H,5,8-15H2,1H3,(H,22,24)(H,25,26). The van der Waals surface area contributed by atoms with E-state index in [4.69, 9.17) is 4.74 Å². The molecule has 0 aromatic heterocycles. The summed E-state index contributed by atoms with van der Waals surface area (Å²) in [6.07, 6.45) is 2.94. The lowest BCUT2D eigenvalue weighted by molar-refractivity contribution is -0.151. The van der Waals surface area contributed by atoms with Crippen LogP contribution >= 0.6 is 0 Å². The van der Waals surface area contributed by atoms with Gasteiger partial charge in [-0.05, 0) is 43.7 Å². The van der Waals surface area contributed by atoms with E-state index in [-0.39, 0.29) is 17.7 Å². The number of benzene rings is 1. The van der Waals surface area contributed by atoms with E-state index in [1.165, 1.54) is 0 Å². The van der Waals surface area contributed by atoms with Gasteiger partial charge in [0.15, 0.2) is 5.54 Å². The Kier molecular flexibility index (Phi) is 6.50. The van der Waals surface area contributed by atoms with Crippen LogP contribution in [-0.2, 0) is 20.9 Å². The first-order valence-electron chi connectivity index (χ1n) is 9.90. The van der Waals surface area contributed by atoms with Gasteiger partial charge in [-0.15, -0.1) is 0 Å². The lowest BCUT2D eigenvalue weighted by Crippen LogP contribution is -2.64. The van der Waals surface area contributed by atoms with Crippen LogP contribution in [0.5, 0.6) is 0 Å². The van der Waals surface area contributed by atoms with Gasteiger partial charge >= 0.3 is 5.97 Å². The number of amides is 1. The second-order valence-corrected chi connectivity index (χ2v) is 7.91. The minimum atomic E-state index is -1.20. The van der Waals surface area contributed by atoms with Gasteiger partial charge in [-0.25, -0.2) is 4.79 Å². The summed E-state index contributed by atoms with van der Waals surface area (Å²) < 4.78 is 5.38. The first-order valence-corrected chi connectivity index (χ1v) is 9.90. The molecule has 0 radical (unpaired) electrons. The number of carboxylic acid groups (broad SMARTS) is 1. The van der Waals surface area contributed by atoms with Crippen LogP contribution in [0.2, 0.25) is 0 Å². The van der Waals surface area contributed by atoms with Gasteiger partial charge < -0.3 is 15.2 Å². The number of nitrogens with one attached hydrogen (secondary N) is 1. The van der Waals surface area contributed by atoms with Gasteiger partial charge in [0.2, 0.25) is 5.91 Å². The number of nitrogens with zero attached hydrogens (tertiary/aromatic N) is 1. The highest BCUT2D eigenvalue weighted by atomic mass is 16.5. The number of carbonyl (C=O) groups is 2. The number of carboxylic acids is 1. The van der Waals surface area contributed by atoms with E-state index in [0.29, 0.717) is 32.7 Å². The predicted octanol–water partition coefficient (Wildman–Crippen LogP) is 2.28. The van der Waals surface area contributed by atoms with E-state index in [1.54, 1.807) is 0 Å². The van der Waals surface area contributed by atoms with Gasteiger partial charge in [0.05, 0.1) is 0 Å². The first-order chi connectivity index (χ1) is 13.0. The number of piperidine rings is 1. The van der Waals surface area contributed by atoms with Crippen LogP contribution in [0.4, 0.5) is 0 Å². The lowest BCUT2D eigenvalue weighted by Gasteiger charge is -2.41. The summed E-state index contributed by atoms with van der Waals surface area (Å²) >= 11 is 0. The second-order valence-electron chi connectivity index (χ2n) is 7.91. The topological polar surface area (TPSA) is 78.9 Å². The third-order valence-electron chi connectivity index (χ3n) is 5.98. The molecule has 2 atom stereocenters. The van der Waals surface area contributed by atoms with Crippen molar-refractivity contribution in [2.75, 3.05) is 26.3 Å². The zero-order valence-electron chi connectivity index (χ0n) is 16.0. The molecule has 2 heterocycles. The molecular formula is C21H30N2O4. The predicted molar refractivity (Wildman–Crippen MR) is 102 cm³/mol. The van der Waals surface area contributed by atoms with Crippen LogP contribution in [-0.4, -0.2) is 53.7 Å². The Bertz CT molecular complexity index is 645. The van der Waals surface area contributed by atoms with Crippen LogP contribution in [0.25, 0.3) is 0 Å². The van der Waals surface area contributed by atoms with Crippen molar-refractivity contribution in [1.82, 2.24) is 10.2 Å². The number of rotatable bonds is 6. The maximum atomic E-state index is 12.9. The summed E-state index contributed by atoms with van der Waals surface area (Å²) in [5.41, 5.74) is -0.0515. The van der Waals surface area contributed by atoms with Crippen LogP contribution < -0.4 is 5.32 Å². The van der Waals surface area contributed by atoms with Crippen molar-refractivity contribution >= 4 is 11.9 Å². The summed E-state index contributed by atoms with van der Waals surface area (Å²) in [6, 6.07) is 10.0. The summed E-state index contributed by atoms with van der Waals surface area (Å²) in [7, 11) is 0. The van der Waals surface area contributed by atoms with Crippen molar-refractivity contribution in [2.45, 2.75) is 44.7 Å². The molecule has 6 heteroatoms. The maximum absolute atomic E-state index is 12.9. The molecule has 1 aromatic rings. The Hall–Kier alpha value is -1.92. The van der Waals surface area contributed by atoms with Crippen molar-refractivity contribution in [3.05, 3.63) is 35.9 Å². The third kappa shape index (κ3) is 4.87. The minimum absolute atomic E-state index is 0.147. The highest BCUT2D eigenvalue weighted by Crippen LogP contribution is 2.27. The van der Waals surface area contributed by atoms with Gasteiger partial charge in [0.25, 0.3) is 0 Å². The van der Waals surface area contributed by atoms with Crippen molar-refractivity contribution in [3.63, 3.8) is 0 Å². The highest BCUT2D eigenvalue weighted by Gasteiger charge is 2.44. The molecule has 2 unspecified atom stereocenters. The molecule has 6 nitrogen and oxygen atoms in total. The Morgan fingerprint density at radius 1 is 1.30 bits per heavy atom. The molecule has 0 bridgehead atoms. The molecule has 2 saturated heterocycles. The molecule has 2 fully saturated rings. The Morgan fingerprint density at radius 2 is 2.00 bits per heavy atom. The Labute approximate surface area is 160 Å². The van der Waals surface area contributed by atoms with Crippen molar-refractivity contribution in [1.29, 1.82) is 0 Å². The summed E-state index contributed by atoms with van der Waals surface area (Å²) in [4.78, 5) is 27.1. The molecule has 2 aliphatic heterocycles. The van der Waals surface area contributed by atoms with Crippen LogP contribution in [0.15, 0.2) is 30.3 Å². The van der Waals surface area contributed by atoms with Gasteiger partial charge in [-0.3, -0.25) is 9.69 Å². The van der Waals surface area contributed by atoms with E-state index in [0.717, 1.165) is 31.4 Å². The summed E-state index contributed by atoms with van der Waals surface area (Å²) in [6.45, 7) is 5.14. The van der Waals surface area contributed by atoms with E-state index in [2.05, 4.69) is 10.2 Å². The number of hydrogen-bond donors (Lipinski definition) is 2. The van der Waals surface area contributed by atoms with Crippen molar-refractivity contribution in [3.8, 4) is 0 Å². The zero-order valence-corrected chi connectivity index (χ0v) is 16.0. The molecule has 27 heavy (non-hydrogen) atoms. The van der Waals surface area contributed by atoms with E-state index < -0.39 is 11.5 Å². The van der Waals surface area contributed by atoms with Crippen molar-refractivity contribution in [2.24, 2.45) is 11.8 Å². The van der Waals surface area contributed by atoms with E-state index in [9.17, 15) is 14.7 Å². The Balaban J connectivity index is 1.67. The zero-order chi connectivity index (χ0) is 19.3. The molecule has 0 saturated carbocycles. The van der Waals surface area contributed by atoms with Gasteiger partial charge in [0.1, 0.15) is 0 Å². The number of aliphatic carboxylic acids is 1. The number of likely N-dealkylation sites (tertiary alicyclic amines) is 1. The quantitative estimate of drug-likeness (QED) is 0.799. The van der Waals surface area contributed by atoms with E-state index in [1.807, 2.05) is 37.3 Å². The van der Waals surface area contributed by atoms with Gasteiger partial charge in [-0.2, -0.15) is 0 Å². The Morgan fingerprint density at radius 3 is 2.67 bits per heavy atom. The molecule has 0 aliphatic carbocycles. The SMILES string of the molecule is CC(C(=O)NC1(C(=O)O)CCCN(Cc2ccccc2)C1)C1CCOCC1. The molecule has 3 rings (SSSR count). The maximum Gasteiger partial charge on any atom is 0.330 e. The molecule has 2 N–H and O–H groups in total. The van der Waals surface area contributed by atoms with Gasteiger partial charge in [-0.1, -0.05) is 37.3 Å². The second kappa shape index (κ2) is 8.85. The molecule has 1 aromatic carbocycles. The van der Waals surface area contributed by atoms with Crippen LogP contribution in [0.1, 0.15) is 38.2 Å². The van der Waals surface area contributed by atoms with Crippen LogP contribution in [0, 0.1) is 11.8 Å². The lowest BCUT2D eigenvalue weighted by atomic mass is 9.84. The number of carbonyl (C=O) groups excluding carboxylic acids is 1. The highest BCUT2D eigenvalue weighted by molar-refractivity contribution is 5.88. The first kappa shape index (κ1) is 19.8. The number of ether oxygens (including phenoxy) is 1. The van der Waals surface area contributed by atoms with Crippen molar-refractivity contribution < 1.29 is 19.4 Å². The fourth-order valence-electron chi connectivity index (χ4n) is 4.23. The molecule has 1 amide bonds. The average Bonchev–Trinajstić information content (AvgIpc) is 2.69. The molecule has 0 spiro atoms. The molecule has 148 valence electrons. The van der Waals surface area contributed by atoms with E-state index >= 15 is 0 Å². The van der Waals surface area contributed by atoms with Gasteiger partial charge in [0, 0.05) is 32.2 Å². The smallest absolute Gasteiger partial charge is 0.330 e. The molecule has 2 aliphatic rings. The fraction of sp³-hybridized carbons (Fsp3) is 0.619. The number of hydrogen-bond acceptors (Lipinski definition) is 4. The monoisotopic (exact) mass is 374 g/mol. The summed E-state index contributed by atoms with van der Waals surface area (Å²) in [5.74, 6) is -1.03. The minimum Gasteiger partial charge on any atom is -0.479 e. The fourth-order valence-corrected chi connectivity index (χ4v) is 4.23. The normalized spacial score (nSPS) is 25.7. The third-order valence-corrected chi connectivity index (χ3v) is 5.98. The largest absolute Gasteiger partial charge is 0.479 e. The summed E-state index contributed by atoms with van der Waals surface area (Å²) in [5, 5.41) is 12.9. The molecular weight excluding hydrogens is 344 g/mol.